The number of nitrogens with two attached hydrogens (primary N) is 1. The number of aliphatic hydroxyl groups is 1. The third kappa shape index (κ3) is 2.45. The highest BCUT2D eigenvalue weighted by Crippen LogP contribution is 2.65. The van der Waals surface area contributed by atoms with Gasteiger partial charge in [0.1, 0.15) is 0 Å². The maximum absolute atomic E-state index is 10.9. The van der Waals surface area contributed by atoms with Crippen LogP contribution in [0.2, 0.25) is 0 Å². The first-order valence-electron chi connectivity index (χ1n) is 10.5. The van der Waals surface area contributed by atoms with Gasteiger partial charge in [-0.2, -0.15) is 5.10 Å². The maximum atomic E-state index is 10.9. The van der Waals surface area contributed by atoms with Gasteiger partial charge in [-0.25, -0.2) is 0 Å². The second kappa shape index (κ2) is 6.63. The Hall–Kier alpha value is -0.570. The summed E-state index contributed by atoms with van der Waals surface area (Å²) >= 11 is 0. The Morgan fingerprint density at radius 1 is 1.00 bits per heavy atom. The maximum Gasteiger partial charge on any atom is 0.0576 e. The topological polar surface area (TPSA) is 58.6 Å². The van der Waals surface area contributed by atoms with Gasteiger partial charge in [-0.3, -0.25) is 0 Å². The van der Waals surface area contributed by atoms with Crippen LogP contribution in [0.15, 0.2) is 5.10 Å². The lowest BCUT2D eigenvalue weighted by atomic mass is 9.44. The fourth-order valence-electron chi connectivity index (χ4n) is 7.36. The summed E-state index contributed by atoms with van der Waals surface area (Å²) in [5.74, 6) is 8.44. The Labute approximate surface area is 148 Å². The Morgan fingerprint density at radius 3 is 2.46 bits per heavy atom. The molecule has 0 spiro atoms. The molecule has 0 amide bonds. The van der Waals surface area contributed by atoms with Crippen molar-refractivity contribution in [2.24, 2.45) is 45.4 Å². The van der Waals surface area contributed by atoms with E-state index in [1.54, 1.807) is 0 Å². The molecule has 4 aliphatic rings. The Morgan fingerprint density at radius 2 is 1.75 bits per heavy atom. The summed E-state index contributed by atoms with van der Waals surface area (Å²) < 4.78 is 0. The SMILES string of the molecule is CC.CC12CCC3C(CC(O)C4CCCCC43C)C1CC/C2=N\N. The smallest absolute Gasteiger partial charge is 0.0576 e. The highest BCUT2D eigenvalue weighted by molar-refractivity contribution is 5.92. The van der Waals surface area contributed by atoms with Crippen LogP contribution in [-0.2, 0) is 0 Å². The summed E-state index contributed by atoms with van der Waals surface area (Å²) in [6.07, 6.45) is 11.1. The first-order chi connectivity index (χ1) is 11.5. The van der Waals surface area contributed by atoms with E-state index < -0.39 is 0 Å². The van der Waals surface area contributed by atoms with Crippen molar-refractivity contribution in [1.29, 1.82) is 0 Å². The number of aliphatic hydroxyl groups excluding tert-OH is 1. The molecule has 0 saturated heterocycles. The molecule has 4 fully saturated rings. The Kier molecular flexibility index (Phi) is 5.03. The standard InChI is InChI=1S/C19H32N2O.C2H6/c1-18-9-4-3-5-15(18)16(22)11-12-13-6-7-17(21-20)19(13,2)10-8-14(12)18;1-2/h12-16,22H,3-11,20H2,1-2H3;1-2H3/b21-17+;. The molecule has 4 saturated carbocycles. The van der Waals surface area contributed by atoms with Crippen LogP contribution in [0.25, 0.3) is 0 Å². The van der Waals surface area contributed by atoms with Crippen molar-refractivity contribution < 1.29 is 5.11 Å². The van der Waals surface area contributed by atoms with Crippen LogP contribution in [-0.4, -0.2) is 16.9 Å². The summed E-state index contributed by atoms with van der Waals surface area (Å²) in [5, 5.41) is 15.0. The average molecular weight is 335 g/mol. The molecule has 0 heterocycles. The van der Waals surface area contributed by atoms with E-state index in [2.05, 4.69) is 18.9 Å². The van der Waals surface area contributed by atoms with Crippen LogP contribution in [0.4, 0.5) is 0 Å². The van der Waals surface area contributed by atoms with Gasteiger partial charge < -0.3 is 10.9 Å². The quantitative estimate of drug-likeness (QED) is 0.497. The number of rotatable bonds is 0. The number of fused-ring (bicyclic) bond motifs is 5. The van der Waals surface area contributed by atoms with Gasteiger partial charge in [-0.05, 0) is 74.0 Å². The molecule has 3 heteroatoms. The van der Waals surface area contributed by atoms with Crippen molar-refractivity contribution in [3.63, 3.8) is 0 Å². The zero-order chi connectivity index (χ0) is 17.5. The third-order valence-electron chi connectivity index (χ3n) is 8.49. The molecule has 0 aromatic carbocycles. The van der Waals surface area contributed by atoms with Crippen LogP contribution in [0.3, 0.4) is 0 Å². The Balaban J connectivity index is 0.000000815. The van der Waals surface area contributed by atoms with Crippen LogP contribution in [0.1, 0.15) is 85.5 Å². The molecule has 7 unspecified atom stereocenters. The van der Waals surface area contributed by atoms with E-state index in [0.29, 0.717) is 23.2 Å². The highest BCUT2D eigenvalue weighted by atomic mass is 16.3. The van der Waals surface area contributed by atoms with E-state index in [1.165, 1.54) is 50.7 Å². The minimum atomic E-state index is -0.0761. The van der Waals surface area contributed by atoms with Gasteiger partial charge in [0, 0.05) is 11.1 Å². The zero-order valence-corrected chi connectivity index (χ0v) is 16.2. The summed E-state index contributed by atoms with van der Waals surface area (Å²) in [4.78, 5) is 0. The van der Waals surface area contributed by atoms with Gasteiger partial charge in [0.05, 0.1) is 6.10 Å². The number of hydrogen-bond donors (Lipinski definition) is 2. The molecule has 4 aliphatic carbocycles. The largest absolute Gasteiger partial charge is 0.393 e. The molecular formula is C21H38N2O. The predicted molar refractivity (Wildman–Crippen MR) is 101 cm³/mol. The van der Waals surface area contributed by atoms with Crippen molar-refractivity contribution >= 4 is 5.71 Å². The number of nitrogens with zero attached hydrogens (tertiary/aromatic N) is 1. The minimum Gasteiger partial charge on any atom is -0.393 e. The van der Waals surface area contributed by atoms with Crippen molar-refractivity contribution in [3.8, 4) is 0 Å². The first-order valence-corrected chi connectivity index (χ1v) is 10.5. The zero-order valence-electron chi connectivity index (χ0n) is 16.2. The molecule has 0 radical (unpaired) electrons. The van der Waals surface area contributed by atoms with Crippen LogP contribution in [0.5, 0.6) is 0 Å². The average Bonchev–Trinajstić information content (AvgIpc) is 2.93. The van der Waals surface area contributed by atoms with Gasteiger partial charge in [-0.1, -0.05) is 40.5 Å². The summed E-state index contributed by atoms with van der Waals surface area (Å²) in [7, 11) is 0. The lowest BCUT2D eigenvalue weighted by Crippen LogP contribution is -2.57. The summed E-state index contributed by atoms with van der Waals surface area (Å²) in [6.45, 7) is 8.90. The van der Waals surface area contributed by atoms with Gasteiger partial charge in [0.2, 0.25) is 0 Å². The van der Waals surface area contributed by atoms with Gasteiger partial charge >= 0.3 is 0 Å². The van der Waals surface area contributed by atoms with Crippen molar-refractivity contribution in [2.45, 2.75) is 91.6 Å². The van der Waals surface area contributed by atoms with Crippen molar-refractivity contribution in [2.75, 3.05) is 0 Å². The molecular weight excluding hydrogens is 296 g/mol. The Bertz CT molecular complexity index is 490. The molecule has 0 aromatic heterocycles. The molecule has 138 valence electrons. The lowest BCUT2D eigenvalue weighted by molar-refractivity contribution is -0.147. The molecule has 3 nitrogen and oxygen atoms in total. The van der Waals surface area contributed by atoms with Crippen LogP contribution in [0, 0.1) is 34.5 Å². The van der Waals surface area contributed by atoms with E-state index in [-0.39, 0.29) is 11.5 Å². The summed E-state index contributed by atoms with van der Waals surface area (Å²) in [6, 6.07) is 0. The fraction of sp³-hybridized carbons (Fsp3) is 0.952. The van der Waals surface area contributed by atoms with Crippen LogP contribution >= 0.6 is 0 Å². The molecule has 0 aromatic rings. The fourth-order valence-corrected chi connectivity index (χ4v) is 7.36. The van der Waals surface area contributed by atoms with E-state index in [4.69, 9.17) is 5.84 Å². The van der Waals surface area contributed by atoms with E-state index in [9.17, 15) is 5.11 Å². The molecule has 0 bridgehead atoms. The van der Waals surface area contributed by atoms with Gasteiger partial charge in [0.25, 0.3) is 0 Å². The lowest BCUT2D eigenvalue weighted by Gasteiger charge is -2.61. The number of hydrazone groups is 1. The second-order valence-corrected chi connectivity index (χ2v) is 9.11. The normalized spacial score (nSPS) is 51.9. The van der Waals surface area contributed by atoms with Crippen molar-refractivity contribution in [3.05, 3.63) is 0 Å². The van der Waals surface area contributed by atoms with Crippen LogP contribution < -0.4 is 5.84 Å². The molecule has 0 aliphatic heterocycles. The highest BCUT2D eigenvalue weighted by Gasteiger charge is 2.60. The predicted octanol–water partition coefficient (Wildman–Crippen LogP) is 4.73. The first kappa shape index (κ1) is 18.2. The minimum absolute atomic E-state index is 0.0761. The molecule has 24 heavy (non-hydrogen) atoms. The van der Waals surface area contributed by atoms with Gasteiger partial charge in [-0.15, -0.1) is 0 Å². The molecule has 7 atom stereocenters. The van der Waals surface area contributed by atoms with E-state index in [0.717, 1.165) is 18.8 Å². The van der Waals surface area contributed by atoms with Crippen molar-refractivity contribution in [1.82, 2.24) is 0 Å². The second-order valence-electron chi connectivity index (χ2n) is 9.11. The van der Waals surface area contributed by atoms with Gasteiger partial charge in [0.15, 0.2) is 0 Å². The number of hydrogen-bond acceptors (Lipinski definition) is 3. The monoisotopic (exact) mass is 334 g/mol. The van der Waals surface area contributed by atoms with E-state index >= 15 is 0 Å². The third-order valence-corrected chi connectivity index (χ3v) is 8.49. The summed E-state index contributed by atoms with van der Waals surface area (Å²) in [5.41, 5.74) is 1.85. The van der Waals surface area contributed by atoms with E-state index in [1.807, 2.05) is 13.8 Å². The molecule has 4 rings (SSSR count). The molecule has 3 N–H and O–H groups in total.